The van der Waals surface area contributed by atoms with E-state index in [1.807, 2.05) is 20.0 Å². The molecule has 0 unspecified atom stereocenters. The Kier molecular flexibility index (Phi) is 4.33. The molecule has 2 aromatic rings. The SMILES string of the molecule is CC(C)n1ccc(S(N)(N)C(=O)Nc2c3c(cc4c2CCC4)CCC3)n1. The van der Waals surface area contributed by atoms with Crippen LogP contribution >= 0.6 is 10.4 Å². The minimum Gasteiger partial charge on any atom is -0.315 e. The van der Waals surface area contributed by atoms with Gasteiger partial charge in [-0.25, -0.2) is 0 Å². The summed E-state index contributed by atoms with van der Waals surface area (Å²) in [4.78, 5) is 13.0. The molecule has 0 bridgehead atoms. The van der Waals surface area contributed by atoms with Gasteiger partial charge in [0, 0.05) is 17.9 Å². The summed E-state index contributed by atoms with van der Waals surface area (Å²) in [5.74, 6) is 0. The highest BCUT2D eigenvalue weighted by atomic mass is 32.3. The van der Waals surface area contributed by atoms with E-state index in [1.165, 1.54) is 22.3 Å². The van der Waals surface area contributed by atoms with Gasteiger partial charge in [-0.05, 0) is 91.1 Å². The molecular formula is C19H27N5OS. The highest BCUT2D eigenvalue weighted by molar-refractivity contribution is 8.42. The van der Waals surface area contributed by atoms with Crippen LogP contribution < -0.4 is 15.6 Å². The van der Waals surface area contributed by atoms with Crippen LogP contribution in [0.1, 0.15) is 55.0 Å². The number of aryl methyl sites for hydroxylation is 2. The number of carbonyl (C=O) groups is 1. The van der Waals surface area contributed by atoms with Crippen molar-refractivity contribution in [1.29, 1.82) is 0 Å². The molecule has 0 aliphatic heterocycles. The Morgan fingerprint density at radius 2 is 1.77 bits per heavy atom. The van der Waals surface area contributed by atoms with Gasteiger partial charge < -0.3 is 5.32 Å². The first kappa shape index (κ1) is 17.6. The molecule has 0 saturated heterocycles. The number of benzene rings is 1. The number of aromatic nitrogens is 2. The van der Waals surface area contributed by atoms with E-state index in [0.29, 0.717) is 5.03 Å². The number of hydrogen-bond acceptors (Lipinski definition) is 4. The van der Waals surface area contributed by atoms with Crippen LogP contribution in [0.25, 0.3) is 0 Å². The predicted molar refractivity (Wildman–Crippen MR) is 106 cm³/mol. The molecule has 2 aliphatic carbocycles. The van der Waals surface area contributed by atoms with Gasteiger partial charge in [0.15, 0.2) is 0 Å². The molecule has 140 valence electrons. The third-order valence-corrected chi connectivity index (χ3v) is 7.09. The third kappa shape index (κ3) is 2.84. The number of anilines is 1. The average molecular weight is 374 g/mol. The summed E-state index contributed by atoms with van der Waals surface area (Å²) in [7, 11) is -2.67. The van der Waals surface area contributed by atoms with E-state index in [-0.39, 0.29) is 11.3 Å². The Labute approximate surface area is 155 Å². The van der Waals surface area contributed by atoms with Gasteiger partial charge in [-0.1, -0.05) is 6.07 Å². The number of nitrogens with one attached hydrogen (secondary N) is 1. The molecule has 0 atom stereocenters. The molecule has 4 rings (SSSR count). The quantitative estimate of drug-likeness (QED) is 0.765. The first-order valence-electron chi connectivity index (χ1n) is 9.29. The molecule has 0 fully saturated rings. The van der Waals surface area contributed by atoms with Crippen molar-refractivity contribution in [2.75, 3.05) is 5.32 Å². The van der Waals surface area contributed by atoms with Crippen LogP contribution in [0.5, 0.6) is 0 Å². The second-order valence-electron chi connectivity index (χ2n) is 7.58. The Balaban J connectivity index is 1.66. The summed E-state index contributed by atoms with van der Waals surface area (Å²) < 4.78 is 1.78. The van der Waals surface area contributed by atoms with Crippen molar-refractivity contribution in [2.45, 2.75) is 63.4 Å². The maximum absolute atomic E-state index is 13.0. The fourth-order valence-electron chi connectivity index (χ4n) is 4.04. The highest BCUT2D eigenvalue weighted by Gasteiger charge is 2.32. The second-order valence-corrected chi connectivity index (χ2v) is 9.79. The van der Waals surface area contributed by atoms with E-state index in [2.05, 4.69) is 16.5 Å². The molecule has 1 aromatic carbocycles. The highest BCUT2D eigenvalue weighted by Crippen LogP contribution is 2.44. The topological polar surface area (TPSA) is 99.0 Å². The molecule has 26 heavy (non-hydrogen) atoms. The molecule has 2 aliphatic rings. The number of nitrogens with zero attached hydrogens (tertiary/aromatic N) is 2. The van der Waals surface area contributed by atoms with Gasteiger partial charge >= 0.3 is 0 Å². The monoisotopic (exact) mass is 373 g/mol. The van der Waals surface area contributed by atoms with Crippen molar-refractivity contribution in [3.05, 3.63) is 40.6 Å². The summed E-state index contributed by atoms with van der Waals surface area (Å²) in [6, 6.07) is 4.30. The summed E-state index contributed by atoms with van der Waals surface area (Å²) in [5, 5.41) is 20.3. The molecule has 5 N–H and O–H groups in total. The largest absolute Gasteiger partial charge is 0.315 e. The molecule has 0 radical (unpaired) electrons. The van der Waals surface area contributed by atoms with Crippen LogP contribution in [0.15, 0.2) is 23.4 Å². The molecule has 1 heterocycles. The summed E-state index contributed by atoms with van der Waals surface area (Å²) in [6.07, 6.45) is 8.31. The Bertz CT molecular complexity index is 839. The first-order chi connectivity index (χ1) is 12.4. The van der Waals surface area contributed by atoms with Crippen LogP contribution in [-0.4, -0.2) is 15.0 Å². The Morgan fingerprint density at radius 3 is 2.31 bits per heavy atom. The van der Waals surface area contributed by atoms with Gasteiger partial charge in [-0.2, -0.15) is 5.10 Å². The molecule has 7 heteroatoms. The van der Waals surface area contributed by atoms with Crippen LogP contribution in [0.3, 0.4) is 0 Å². The van der Waals surface area contributed by atoms with Crippen molar-refractivity contribution in [3.8, 4) is 0 Å². The minimum atomic E-state index is -2.67. The van der Waals surface area contributed by atoms with Gasteiger partial charge in [0.1, 0.15) is 5.03 Å². The van der Waals surface area contributed by atoms with Crippen molar-refractivity contribution < 1.29 is 4.79 Å². The van der Waals surface area contributed by atoms with Crippen molar-refractivity contribution in [2.24, 2.45) is 10.3 Å². The summed E-state index contributed by atoms with van der Waals surface area (Å²) >= 11 is 0. The van der Waals surface area contributed by atoms with Crippen LogP contribution in [0.4, 0.5) is 10.5 Å². The maximum atomic E-state index is 13.0. The van der Waals surface area contributed by atoms with Gasteiger partial charge in [0.25, 0.3) is 5.24 Å². The predicted octanol–water partition coefficient (Wildman–Crippen LogP) is 3.58. The zero-order valence-corrected chi connectivity index (χ0v) is 16.2. The normalized spacial score (nSPS) is 16.7. The lowest BCUT2D eigenvalue weighted by Gasteiger charge is -2.28. The van der Waals surface area contributed by atoms with Crippen molar-refractivity contribution in [3.63, 3.8) is 0 Å². The zero-order valence-electron chi connectivity index (χ0n) is 15.4. The van der Waals surface area contributed by atoms with Crippen molar-refractivity contribution >= 4 is 21.3 Å². The fourth-order valence-corrected chi connectivity index (χ4v) is 5.01. The lowest BCUT2D eigenvalue weighted by molar-refractivity contribution is 0.269. The lowest BCUT2D eigenvalue weighted by atomic mass is 9.99. The molecule has 1 amide bonds. The molecule has 0 spiro atoms. The van der Waals surface area contributed by atoms with E-state index in [1.54, 1.807) is 10.7 Å². The number of fused-ring (bicyclic) bond motifs is 2. The van der Waals surface area contributed by atoms with E-state index < -0.39 is 10.4 Å². The number of hydrogen-bond donors (Lipinski definition) is 3. The summed E-state index contributed by atoms with van der Waals surface area (Å²) in [5.41, 5.74) is 6.29. The Hall–Kier alpha value is -1.83. The second kappa shape index (κ2) is 6.40. The molecular weight excluding hydrogens is 346 g/mol. The van der Waals surface area contributed by atoms with Crippen molar-refractivity contribution in [1.82, 2.24) is 9.78 Å². The third-order valence-electron chi connectivity index (χ3n) is 5.47. The van der Waals surface area contributed by atoms with E-state index in [0.717, 1.165) is 44.2 Å². The molecule has 0 saturated carbocycles. The smallest absolute Gasteiger partial charge is 0.296 e. The first-order valence-corrected chi connectivity index (χ1v) is 11.1. The number of carbonyl (C=O) groups excluding carboxylic acids is 1. The standard InChI is InChI=1S/C19H27N5OS/c1-12(2)24-10-9-17(23-24)26(20,21)19(25)22-18-15-7-3-5-13(15)11-14-6-4-8-16(14)18/h9-12H,3-8,20-21H2,1-2H3,(H,22,25). The van der Waals surface area contributed by atoms with Crippen LogP contribution in [0, 0.1) is 0 Å². The molecule has 1 aromatic heterocycles. The van der Waals surface area contributed by atoms with E-state index >= 15 is 0 Å². The summed E-state index contributed by atoms with van der Waals surface area (Å²) in [6.45, 7) is 4.05. The van der Waals surface area contributed by atoms with Crippen LogP contribution in [0.2, 0.25) is 0 Å². The van der Waals surface area contributed by atoms with Gasteiger partial charge in [-0.15, -0.1) is 0 Å². The number of amides is 1. The molecule has 6 nitrogen and oxygen atoms in total. The van der Waals surface area contributed by atoms with E-state index in [9.17, 15) is 4.79 Å². The fraction of sp³-hybridized carbons (Fsp3) is 0.474. The zero-order chi connectivity index (χ0) is 18.5. The minimum absolute atomic E-state index is 0.197. The van der Waals surface area contributed by atoms with Gasteiger partial charge in [0.05, 0.1) is 0 Å². The Morgan fingerprint density at radius 1 is 1.15 bits per heavy atom. The van der Waals surface area contributed by atoms with Gasteiger partial charge in [-0.3, -0.25) is 19.8 Å². The maximum Gasteiger partial charge on any atom is 0.296 e. The number of nitrogens with two attached hydrogens (primary N) is 2. The van der Waals surface area contributed by atoms with E-state index in [4.69, 9.17) is 10.3 Å². The average Bonchev–Trinajstić information content (AvgIpc) is 3.33. The lowest BCUT2D eigenvalue weighted by Crippen LogP contribution is -2.33. The van der Waals surface area contributed by atoms with Gasteiger partial charge in [0.2, 0.25) is 0 Å². The number of rotatable bonds is 3. The van der Waals surface area contributed by atoms with Crippen LogP contribution in [-0.2, 0) is 25.7 Å².